The summed E-state index contributed by atoms with van der Waals surface area (Å²) < 4.78 is 17.0. The molecule has 0 fully saturated rings. The van der Waals surface area contributed by atoms with E-state index in [1.807, 2.05) is 6.07 Å². The zero-order chi connectivity index (χ0) is 8.97. The SMILES string of the molecule is F/C(Cl)=C(/Cl)Oc1ccccc1. The van der Waals surface area contributed by atoms with Crippen LogP contribution in [0, 0.1) is 0 Å². The molecule has 0 spiro atoms. The maximum Gasteiger partial charge on any atom is 0.243 e. The molecule has 0 aliphatic carbocycles. The predicted molar refractivity (Wildman–Crippen MR) is 46.9 cm³/mol. The fourth-order valence-corrected chi connectivity index (χ4v) is 0.758. The first kappa shape index (κ1) is 9.36. The third-order valence-electron chi connectivity index (χ3n) is 1.10. The lowest BCUT2D eigenvalue weighted by molar-refractivity contribution is 0.442. The third kappa shape index (κ3) is 2.72. The van der Waals surface area contributed by atoms with Crippen molar-refractivity contribution in [1.82, 2.24) is 0 Å². The molecule has 0 heterocycles. The highest BCUT2D eigenvalue weighted by Gasteiger charge is 2.02. The van der Waals surface area contributed by atoms with Gasteiger partial charge < -0.3 is 4.74 Å². The monoisotopic (exact) mass is 206 g/mol. The van der Waals surface area contributed by atoms with Crippen LogP contribution in [0.5, 0.6) is 5.75 Å². The number of halogens is 3. The van der Waals surface area contributed by atoms with E-state index in [4.69, 9.17) is 27.9 Å². The van der Waals surface area contributed by atoms with Crippen molar-refractivity contribution in [2.45, 2.75) is 0 Å². The zero-order valence-corrected chi connectivity index (χ0v) is 7.44. The second-order valence-corrected chi connectivity index (χ2v) is 2.62. The van der Waals surface area contributed by atoms with Crippen LogP contribution >= 0.6 is 23.2 Å². The number of para-hydroxylation sites is 1. The molecule has 0 saturated carbocycles. The standard InChI is InChI=1S/C8H5Cl2FO/c9-7(11)8(10)12-6-4-2-1-3-5-6/h1-5H/b8-7-. The summed E-state index contributed by atoms with van der Waals surface area (Å²) in [5, 5.41) is -1.51. The average Bonchev–Trinajstić information content (AvgIpc) is 2.06. The van der Waals surface area contributed by atoms with Crippen LogP contribution in [0.15, 0.2) is 40.8 Å². The molecule has 4 heteroatoms. The van der Waals surface area contributed by atoms with Gasteiger partial charge in [-0.25, -0.2) is 0 Å². The average molecular weight is 207 g/mol. The smallest absolute Gasteiger partial charge is 0.243 e. The number of ether oxygens (including phenoxy) is 1. The molecular weight excluding hydrogens is 202 g/mol. The fourth-order valence-electron chi connectivity index (χ4n) is 0.631. The summed E-state index contributed by atoms with van der Waals surface area (Å²) in [6.07, 6.45) is 0. The highest BCUT2D eigenvalue weighted by atomic mass is 35.5. The van der Waals surface area contributed by atoms with Crippen molar-refractivity contribution in [3.63, 3.8) is 0 Å². The summed E-state index contributed by atoms with van der Waals surface area (Å²) in [4.78, 5) is 0. The molecule has 0 bridgehead atoms. The zero-order valence-electron chi connectivity index (χ0n) is 5.93. The van der Waals surface area contributed by atoms with Crippen molar-refractivity contribution in [2.75, 3.05) is 0 Å². The number of rotatable bonds is 2. The van der Waals surface area contributed by atoms with E-state index in [-0.39, 0.29) is 0 Å². The van der Waals surface area contributed by atoms with Crippen molar-refractivity contribution in [2.24, 2.45) is 0 Å². The molecule has 0 amide bonds. The second-order valence-electron chi connectivity index (χ2n) is 1.95. The third-order valence-corrected chi connectivity index (χ3v) is 1.61. The molecule has 1 aromatic carbocycles. The Morgan fingerprint density at radius 2 is 1.75 bits per heavy atom. The van der Waals surface area contributed by atoms with Crippen molar-refractivity contribution in [3.8, 4) is 5.75 Å². The van der Waals surface area contributed by atoms with Crippen LogP contribution in [0.3, 0.4) is 0 Å². The van der Waals surface area contributed by atoms with Crippen LogP contribution in [-0.4, -0.2) is 0 Å². The Hall–Kier alpha value is -0.730. The number of hydrogen-bond donors (Lipinski definition) is 0. The van der Waals surface area contributed by atoms with Crippen LogP contribution in [0.4, 0.5) is 4.39 Å². The summed E-state index contributed by atoms with van der Waals surface area (Å²) in [7, 11) is 0. The summed E-state index contributed by atoms with van der Waals surface area (Å²) in [6, 6.07) is 8.57. The van der Waals surface area contributed by atoms with Crippen molar-refractivity contribution in [3.05, 3.63) is 40.8 Å². The van der Waals surface area contributed by atoms with Gasteiger partial charge >= 0.3 is 0 Å². The summed E-state index contributed by atoms with van der Waals surface area (Å²) >= 11 is 10.2. The molecule has 0 unspecified atom stereocenters. The maximum atomic E-state index is 12.2. The number of hydrogen-bond acceptors (Lipinski definition) is 1. The van der Waals surface area contributed by atoms with Gasteiger partial charge in [0.25, 0.3) is 0 Å². The predicted octanol–water partition coefficient (Wildman–Crippen LogP) is 3.64. The minimum atomic E-state index is -1.06. The van der Waals surface area contributed by atoms with E-state index < -0.39 is 10.5 Å². The molecule has 0 saturated heterocycles. The lowest BCUT2D eigenvalue weighted by Gasteiger charge is -2.01. The van der Waals surface area contributed by atoms with Gasteiger partial charge in [0.15, 0.2) is 0 Å². The first-order chi connectivity index (χ1) is 5.70. The normalized spacial score (nSPS) is 12.2. The Kier molecular flexibility index (Phi) is 3.38. The molecular formula is C8H5Cl2FO. The minimum Gasteiger partial charge on any atom is -0.441 e. The lowest BCUT2D eigenvalue weighted by Crippen LogP contribution is -1.87. The molecule has 12 heavy (non-hydrogen) atoms. The van der Waals surface area contributed by atoms with E-state index in [0.29, 0.717) is 5.75 Å². The molecule has 1 nitrogen and oxygen atoms in total. The minimum absolute atomic E-state index is 0.443. The molecule has 1 aromatic rings. The molecule has 0 aromatic heterocycles. The van der Waals surface area contributed by atoms with E-state index in [1.165, 1.54) is 0 Å². The van der Waals surface area contributed by atoms with E-state index >= 15 is 0 Å². The van der Waals surface area contributed by atoms with Crippen molar-refractivity contribution < 1.29 is 9.13 Å². The first-order valence-corrected chi connectivity index (χ1v) is 3.89. The van der Waals surface area contributed by atoms with Crippen LogP contribution < -0.4 is 4.74 Å². The highest BCUT2D eigenvalue weighted by molar-refractivity contribution is 6.37. The van der Waals surface area contributed by atoms with Crippen LogP contribution in [-0.2, 0) is 0 Å². The molecule has 0 aliphatic rings. The summed E-state index contributed by atoms with van der Waals surface area (Å²) in [5.74, 6) is 0.443. The van der Waals surface area contributed by atoms with Gasteiger partial charge in [0.2, 0.25) is 10.5 Å². The van der Waals surface area contributed by atoms with E-state index in [1.54, 1.807) is 24.3 Å². The van der Waals surface area contributed by atoms with Crippen LogP contribution in [0.2, 0.25) is 0 Å². The fraction of sp³-hybridized carbons (Fsp3) is 0. The summed E-state index contributed by atoms with van der Waals surface area (Å²) in [6.45, 7) is 0. The first-order valence-electron chi connectivity index (χ1n) is 3.14. The largest absolute Gasteiger partial charge is 0.441 e. The Morgan fingerprint density at radius 3 is 2.25 bits per heavy atom. The van der Waals surface area contributed by atoms with Gasteiger partial charge in [-0.15, -0.1) is 0 Å². The molecule has 0 atom stereocenters. The van der Waals surface area contributed by atoms with Crippen molar-refractivity contribution >= 4 is 23.2 Å². The van der Waals surface area contributed by atoms with Gasteiger partial charge in [-0.3, -0.25) is 0 Å². The van der Waals surface area contributed by atoms with Gasteiger partial charge in [-0.05, 0) is 35.3 Å². The van der Waals surface area contributed by atoms with E-state index in [9.17, 15) is 4.39 Å². The number of benzene rings is 1. The Bertz CT molecular complexity index is 280. The Balaban J connectivity index is 2.72. The van der Waals surface area contributed by atoms with E-state index in [2.05, 4.69) is 0 Å². The van der Waals surface area contributed by atoms with Gasteiger partial charge in [0.1, 0.15) is 5.75 Å². The molecule has 64 valence electrons. The van der Waals surface area contributed by atoms with Gasteiger partial charge in [-0.2, -0.15) is 4.39 Å². The molecule has 0 aliphatic heterocycles. The molecule has 1 rings (SSSR count). The Labute approximate surface area is 79.4 Å². The second kappa shape index (κ2) is 4.33. The molecule has 0 N–H and O–H groups in total. The molecule has 0 radical (unpaired) electrons. The van der Waals surface area contributed by atoms with Gasteiger partial charge in [-0.1, -0.05) is 18.2 Å². The topological polar surface area (TPSA) is 9.23 Å². The Morgan fingerprint density at radius 1 is 1.17 bits per heavy atom. The van der Waals surface area contributed by atoms with Crippen LogP contribution in [0.25, 0.3) is 0 Å². The van der Waals surface area contributed by atoms with Crippen LogP contribution in [0.1, 0.15) is 0 Å². The van der Waals surface area contributed by atoms with Gasteiger partial charge in [0.05, 0.1) is 0 Å². The quantitative estimate of drug-likeness (QED) is 0.672. The van der Waals surface area contributed by atoms with E-state index in [0.717, 1.165) is 0 Å². The van der Waals surface area contributed by atoms with Gasteiger partial charge in [0, 0.05) is 0 Å². The summed E-state index contributed by atoms with van der Waals surface area (Å²) in [5.41, 5.74) is 0. The van der Waals surface area contributed by atoms with Crippen molar-refractivity contribution in [1.29, 1.82) is 0 Å². The highest BCUT2D eigenvalue weighted by Crippen LogP contribution is 2.20. The lowest BCUT2D eigenvalue weighted by atomic mass is 10.3. The maximum absolute atomic E-state index is 12.2.